The van der Waals surface area contributed by atoms with Crippen LogP contribution in [0.3, 0.4) is 0 Å². The van der Waals surface area contributed by atoms with E-state index in [1.165, 1.54) is 78.1 Å². The van der Waals surface area contributed by atoms with Gasteiger partial charge >= 0.3 is 6.36 Å². The van der Waals surface area contributed by atoms with Gasteiger partial charge in [-0.15, -0.1) is 13.2 Å². The summed E-state index contributed by atoms with van der Waals surface area (Å²) in [6, 6.07) is 22.7. The van der Waals surface area contributed by atoms with Gasteiger partial charge in [-0.1, -0.05) is 80.8 Å². The minimum Gasteiger partial charge on any atom is -0.406 e. The molecule has 0 unspecified atom stereocenters. The zero-order valence-corrected chi connectivity index (χ0v) is 19.2. The summed E-state index contributed by atoms with van der Waals surface area (Å²) in [7, 11) is 0. The van der Waals surface area contributed by atoms with Crippen LogP contribution >= 0.6 is 0 Å². The standard InChI is InChI=1S/C30H27F3O/c1-2-3-4-5-6-7-23-12-18-28-25(20-23)14-15-26-21-24(13-19-29(26)28)9-8-22-10-16-27(17-11-22)34-30(31,32)33/h10-21H,2-7H2,1H3. The molecule has 0 atom stereocenters. The SMILES string of the molecule is CCCCCCCc1ccc2c(ccc3cc(C#Cc4ccc(OC(F)(F)F)cc4)ccc32)c1. The van der Waals surface area contributed by atoms with Crippen LogP contribution in [0.15, 0.2) is 72.8 Å². The number of unbranched alkanes of at least 4 members (excludes halogenated alkanes) is 4. The van der Waals surface area contributed by atoms with Gasteiger partial charge in [0.25, 0.3) is 0 Å². The molecule has 0 radical (unpaired) electrons. The van der Waals surface area contributed by atoms with Crippen LogP contribution in [-0.2, 0) is 6.42 Å². The summed E-state index contributed by atoms with van der Waals surface area (Å²) in [6.45, 7) is 2.24. The molecule has 4 aromatic carbocycles. The van der Waals surface area contributed by atoms with E-state index in [0.717, 1.165) is 17.4 Å². The maximum Gasteiger partial charge on any atom is 0.573 e. The van der Waals surface area contributed by atoms with E-state index in [1.54, 1.807) is 0 Å². The quantitative estimate of drug-likeness (QED) is 0.152. The Hall–Kier alpha value is -3.45. The van der Waals surface area contributed by atoms with Crippen LogP contribution < -0.4 is 4.74 Å². The van der Waals surface area contributed by atoms with E-state index in [-0.39, 0.29) is 5.75 Å². The monoisotopic (exact) mass is 460 g/mol. The molecule has 0 heterocycles. The highest BCUT2D eigenvalue weighted by molar-refractivity contribution is 6.07. The maximum atomic E-state index is 12.3. The molecule has 0 fully saturated rings. The molecule has 0 aliphatic rings. The Morgan fingerprint density at radius 1 is 0.676 bits per heavy atom. The fourth-order valence-electron chi connectivity index (χ4n) is 4.17. The summed E-state index contributed by atoms with van der Waals surface area (Å²) in [5, 5.41) is 4.78. The van der Waals surface area contributed by atoms with E-state index in [4.69, 9.17) is 0 Å². The van der Waals surface area contributed by atoms with Gasteiger partial charge in [-0.05, 0) is 76.3 Å². The molecule has 4 rings (SSSR count). The molecule has 0 bridgehead atoms. The predicted molar refractivity (Wildman–Crippen MR) is 133 cm³/mol. The third-order valence-corrected chi connectivity index (χ3v) is 5.91. The Kier molecular flexibility index (Phi) is 7.43. The van der Waals surface area contributed by atoms with Crippen molar-refractivity contribution in [1.29, 1.82) is 0 Å². The minimum absolute atomic E-state index is 0.254. The number of fused-ring (bicyclic) bond motifs is 3. The van der Waals surface area contributed by atoms with Gasteiger partial charge in [0.05, 0.1) is 0 Å². The van der Waals surface area contributed by atoms with Crippen molar-refractivity contribution in [2.75, 3.05) is 0 Å². The van der Waals surface area contributed by atoms with Gasteiger partial charge in [-0.2, -0.15) is 0 Å². The summed E-state index contributed by atoms with van der Waals surface area (Å²) >= 11 is 0. The zero-order valence-electron chi connectivity index (χ0n) is 19.2. The Balaban J connectivity index is 1.49. The van der Waals surface area contributed by atoms with Crippen molar-refractivity contribution in [2.24, 2.45) is 0 Å². The molecule has 0 saturated carbocycles. The van der Waals surface area contributed by atoms with E-state index in [1.807, 2.05) is 12.1 Å². The van der Waals surface area contributed by atoms with E-state index in [9.17, 15) is 13.2 Å². The van der Waals surface area contributed by atoms with E-state index < -0.39 is 6.36 Å². The van der Waals surface area contributed by atoms with Crippen molar-refractivity contribution in [2.45, 2.75) is 51.8 Å². The first-order valence-corrected chi connectivity index (χ1v) is 11.7. The number of hydrogen-bond donors (Lipinski definition) is 0. The van der Waals surface area contributed by atoms with Crippen molar-refractivity contribution >= 4 is 21.5 Å². The number of benzene rings is 4. The van der Waals surface area contributed by atoms with Crippen LogP contribution in [0, 0.1) is 11.8 Å². The average molecular weight is 461 g/mol. The third-order valence-electron chi connectivity index (χ3n) is 5.91. The van der Waals surface area contributed by atoms with Crippen LogP contribution in [0.2, 0.25) is 0 Å². The summed E-state index contributed by atoms with van der Waals surface area (Å²) in [5.41, 5.74) is 2.86. The fraction of sp³-hybridized carbons (Fsp3) is 0.267. The molecule has 0 aliphatic carbocycles. The number of rotatable bonds is 7. The first-order valence-electron chi connectivity index (χ1n) is 11.7. The molecular weight excluding hydrogens is 433 g/mol. The molecule has 0 amide bonds. The summed E-state index contributed by atoms with van der Waals surface area (Å²) in [4.78, 5) is 0. The Labute approximate surface area is 198 Å². The molecule has 0 N–H and O–H groups in total. The second-order valence-electron chi connectivity index (χ2n) is 8.54. The molecule has 1 nitrogen and oxygen atoms in total. The molecule has 0 aromatic heterocycles. The highest BCUT2D eigenvalue weighted by atomic mass is 19.4. The first kappa shape index (κ1) is 23.7. The van der Waals surface area contributed by atoms with Crippen LogP contribution in [0.4, 0.5) is 13.2 Å². The van der Waals surface area contributed by atoms with Gasteiger partial charge in [-0.25, -0.2) is 0 Å². The molecule has 0 saturated heterocycles. The Morgan fingerprint density at radius 3 is 2.00 bits per heavy atom. The highest BCUT2D eigenvalue weighted by Gasteiger charge is 2.30. The Bertz CT molecular complexity index is 1330. The van der Waals surface area contributed by atoms with Crippen molar-refractivity contribution in [1.82, 2.24) is 0 Å². The zero-order chi connectivity index (χ0) is 24.0. The van der Waals surface area contributed by atoms with Gasteiger partial charge < -0.3 is 4.74 Å². The smallest absolute Gasteiger partial charge is 0.406 e. The topological polar surface area (TPSA) is 9.23 Å². The number of aryl methyl sites for hydroxylation is 1. The summed E-state index contributed by atoms with van der Waals surface area (Å²) < 4.78 is 40.8. The van der Waals surface area contributed by atoms with Gasteiger partial charge in [0.2, 0.25) is 0 Å². The molecule has 4 heteroatoms. The summed E-state index contributed by atoms with van der Waals surface area (Å²) in [6.07, 6.45) is 2.85. The van der Waals surface area contributed by atoms with E-state index in [2.05, 4.69) is 59.9 Å². The van der Waals surface area contributed by atoms with Crippen LogP contribution in [0.25, 0.3) is 21.5 Å². The van der Waals surface area contributed by atoms with Crippen LogP contribution in [0.1, 0.15) is 55.7 Å². The van der Waals surface area contributed by atoms with Gasteiger partial charge in [0, 0.05) is 11.1 Å². The first-order chi connectivity index (χ1) is 16.4. The third kappa shape index (κ3) is 6.32. The van der Waals surface area contributed by atoms with Crippen molar-refractivity contribution in [3.63, 3.8) is 0 Å². The van der Waals surface area contributed by atoms with Gasteiger partial charge in [0.1, 0.15) is 5.75 Å². The van der Waals surface area contributed by atoms with Crippen molar-refractivity contribution in [3.8, 4) is 17.6 Å². The lowest BCUT2D eigenvalue weighted by molar-refractivity contribution is -0.274. The number of hydrogen-bond acceptors (Lipinski definition) is 1. The fourth-order valence-corrected chi connectivity index (χ4v) is 4.17. The lowest BCUT2D eigenvalue weighted by Gasteiger charge is -2.08. The van der Waals surface area contributed by atoms with Gasteiger partial charge in [0.15, 0.2) is 0 Å². The van der Waals surface area contributed by atoms with Gasteiger partial charge in [-0.3, -0.25) is 0 Å². The number of halogens is 3. The predicted octanol–water partition coefficient (Wildman–Crippen LogP) is 8.80. The second-order valence-corrected chi connectivity index (χ2v) is 8.54. The van der Waals surface area contributed by atoms with Crippen LogP contribution in [0.5, 0.6) is 5.75 Å². The van der Waals surface area contributed by atoms with Crippen LogP contribution in [-0.4, -0.2) is 6.36 Å². The second kappa shape index (κ2) is 10.7. The normalized spacial score (nSPS) is 11.4. The van der Waals surface area contributed by atoms with E-state index >= 15 is 0 Å². The molecular formula is C30H27F3O. The molecule has 0 spiro atoms. The molecule has 174 valence electrons. The maximum absolute atomic E-state index is 12.3. The lowest BCUT2D eigenvalue weighted by atomic mass is 9.97. The Morgan fingerprint density at radius 2 is 1.29 bits per heavy atom. The van der Waals surface area contributed by atoms with Crippen molar-refractivity contribution < 1.29 is 17.9 Å². The minimum atomic E-state index is -4.70. The summed E-state index contributed by atoms with van der Waals surface area (Å²) in [5.74, 6) is 5.85. The lowest BCUT2D eigenvalue weighted by Crippen LogP contribution is -2.16. The largest absolute Gasteiger partial charge is 0.573 e. The van der Waals surface area contributed by atoms with Crippen molar-refractivity contribution in [3.05, 3.63) is 89.5 Å². The van der Waals surface area contributed by atoms with E-state index in [0.29, 0.717) is 5.56 Å². The highest BCUT2D eigenvalue weighted by Crippen LogP contribution is 2.28. The molecule has 0 aliphatic heterocycles. The molecule has 34 heavy (non-hydrogen) atoms. The number of alkyl halides is 3. The molecule has 4 aromatic rings. The number of ether oxygens (including phenoxy) is 1. The average Bonchev–Trinajstić information content (AvgIpc) is 2.82.